The first-order valence-corrected chi connectivity index (χ1v) is 11.1. The topological polar surface area (TPSA) is 86.1 Å². The summed E-state index contributed by atoms with van der Waals surface area (Å²) in [6.07, 6.45) is 0. The van der Waals surface area contributed by atoms with Crippen molar-refractivity contribution in [1.29, 1.82) is 0 Å². The van der Waals surface area contributed by atoms with Crippen molar-refractivity contribution in [2.24, 2.45) is 5.41 Å². The molecule has 4 rings (SSSR count). The summed E-state index contributed by atoms with van der Waals surface area (Å²) in [5, 5.41) is 10.7. The zero-order chi connectivity index (χ0) is 22.7. The number of nitrogens with one attached hydrogen (secondary N) is 1. The third-order valence-electron chi connectivity index (χ3n) is 5.10. The number of anilines is 1. The summed E-state index contributed by atoms with van der Waals surface area (Å²) in [6.45, 7) is 6.13. The molecule has 0 aliphatic carbocycles. The van der Waals surface area contributed by atoms with Gasteiger partial charge in [0.2, 0.25) is 5.91 Å². The van der Waals surface area contributed by atoms with Crippen molar-refractivity contribution in [1.82, 2.24) is 14.8 Å². The Morgan fingerprint density at radius 2 is 2.00 bits per heavy atom. The van der Waals surface area contributed by atoms with E-state index >= 15 is 0 Å². The first-order valence-electron chi connectivity index (χ1n) is 10.2. The Kier molecular flexibility index (Phi) is 6.05. The van der Waals surface area contributed by atoms with Gasteiger partial charge >= 0.3 is 0 Å². The van der Waals surface area contributed by atoms with Gasteiger partial charge in [-0.3, -0.25) is 14.3 Å². The zero-order valence-electron chi connectivity index (χ0n) is 18.1. The highest BCUT2D eigenvalue weighted by Crippen LogP contribution is 2.33. The van der Waals surface area contributed by atoms with E-state index in [2.05, 4.69) is 10.3 Å². The molecule has 8 heteroatoms. The molecular weight excluding hydrogens is 424 g/mol. The van der Waals surface area contributed by atoms with Crippen LogP contribution in [0.15, 0.2) is 59.4 Å². The maximum absolute atomic E-state index is 12.5. The van der Waals surface area contributed by atoms with Crippen LogP contribution in [-0.4, -0.2) is 33.8 Å². The van der Waals surface area contributed by atoms with E-state index in [-0.39, 0.29) is 12.5 Å². The number of amides is 1. The molecule has 32 heavy (non-hydrogen) atoms. The van der Waals surface area contributed by atoms with Gasteiger partial charge in [-0.25, -0.2) is 4.98 Å². The molecule has 1 unspecified atom stereocenters. The maximum atomic E-state index is 12.5. The van der Waals surface area contributed by atoms with Gasteiger partial charge in [0.15, 0.2) is 0 Å². The first-order chi connectivity index (χ1) is 15.4. The van der Waals surface area contributed by atoms with E-state index in [1.807, 2.05) is 79.4 Å². The summed E-state index contributed by atoms with van der Waals surface area (Å²) in [5.74, 6) is -0.0773. The molecule has 0 radical (unpaired) electrons. The minimum Gasteiger partial charge on any atom is -0.465 e. The highest BCUT2D eigenvalue weighted by molar-refractivity contribution is 7.07. The van der Waals surface area contributed by atoms with Crippen LogP contribution in [0, 0.1) is 5.41 Å². The van der Waals surface area contributed by atoms with E-state index in [4.69, 9.17) is 9.84 Å². The summed E-state index contributed by atoms with van der Waals surface area (Å²) < 4.78 is 6.95. The molecule has 0 saturated carbocycles. The standard InChI is InChI=1S/C24H24N4O3S/c1-24(2,3)23(30)26-17-9-10-18-20(11-17)28(27-22(18)16-7-5-4-6-8-16)21(12-31-15-29)19-13-32-14-25-19/h4-11,13-15,21H,12H2,1-3H3,(H,26,30). The van der Waals surface area contributed by atoms with Crippen molar-refractivity contribution in [3.63, 3.8) is 0 Å². The Bertz CT molecular complexity index is 1230. The molecule has 4 aromatic rings. The van der Waals surface area contributed by atoms with Crippen molar-refractivity contribution in [3.05, 3.63) is 65.1 Å². The predicted molar refractivity (Wildman–Crippen MR) is 126 cm³/mol. The van der Waals surface area contributed by atoms with E-state index < -0.39 is 11.5 Å². The number of carbonyl (C=O) groups excluding carboxylic acids is 2. The molecule has 0 fully saturated rings. The van der Waals surface area contributed by atoms with Gasteiger partial charge in [0.05, 0.1) is 16.7 Å². The van der Waals surface area contributed by atoms with Gasteiger partial charge < -0.3 is 10.1 Å². The SMILES string of the molecule is CC(C)(C)C(=O)Nc1ccc2c(-c3ccccc3)nn(C(COC=O)c3cscn3)c2c1. The monoisotopic (exact) mass is 448 g/mol. The van der Waals surface area contributed by atoms with Gasteiger partial charge in [0, 0.05) is 27.4 Å². The second-order valence-electron chi connectivity index (χ2n) is 8.45. The summed E-state index contributed by atoms with van der Waals surface area (Å²) in [7, 11) is 0. The Morgan fingerprint density at radius 1 is 1.22 bits per heavy atom. The van der Waals surface area contributed by atoms with Crippen LogP contribution in [0.3, 0.4) is 0 Å². The van der Waals surface area contributed by atoms with Crippen molar-refractivity contribution in [3.8, 4) is 11.3 Å². The first kappa shape index (κ1) is 21.7. The van der Waals surface area contributed by atoms with E-state index in [9.17, 15) is 9.59 Å². The van der Waals surface area contributed by atoms with Crippen LogP contribution in [0.5, 0.6) is 0 Å². The molecule has 2 heterocycles. The lowest BCUT2D eigenvalue weighted by Crippen LogP contribution is -2.27. The molecule has 7 nitrogen and oxygen atoms in total. The molecular formula is C24H24N4O3S. The Balaban J connectivity index is 1.88. The lowest BCUT2D eigenvalue weighted by atomic mass is 9.95. The van der Waals surface area contributed by atoms with Crippen molar-refractivity contribution < 1.29 is 14.3 Å². The Morgan fingerprint density at radius 3 is 2.66 bits per heavy atom. The van der Waals surface area contributed by atoms with Gasteiger partial charge in [0.25, 0.3) is 6.47 Å². The Hall–Kier alpha value is -3.52. The van der Waals surface area contributed by atoms with E-state index in [0.717, 1.165) is 27.9 Å². The van der Waals surface area contributed by atoms with Crippen LogP contribution >= 0.6 is 11.3 Å². The second kappa shape index (κ2) is 8.92. The van der Waals surface area contributed by atoms with Crippen molar-refractivity contribution >= 4 is 40.3 Å². The summed E-state index contributed by atoms with van der Waals surface area (Å²) in [5.41, 5.74) is 5.23. The maximum Gasteiger partial charge on any atom is 0.293 e. The van der Waals surface area contributed by atoms with Gasteiger partial charge in [-0.2, -0.15) is 5.10 Å². The van der Waals surface area contributed by atoms with E-state index in [1.165, 1.54) is 11.3 Å². The fraction of sp³-hybridized carbons (Fsp3) is 0.250. The van der Waals surface area contributed by atoms with Crippen molar-refractivity contribution in [2.75, 3.05) is 11.9 Å². The molecule has 0 spiro atoms. The van der Waals surface area contributed by atoms with E-state index in [1.54, 1.807) is 5.51 Å². The average Bonchev–Trinajstić information content (AvgIpc) is 3.43. The molecule has 0 aliphatic rings. The third-order valence-corrected chi connectivity index (χ3v) is 5.71. The average molecular weight is 449 g/mol. The van der Waals surface area contributed by atoms with Crippen LogP contribution in [0.2, 0.25) is 0 Å². The van der Waals surface area contributed by atoms with Crippen LogP contribution in [0.4, 0.5) is 5.69 Å². The number of hydrogen-bond donors (Lipinski definition) is 1. The number of benzene rings is 2. The molecule has 0 bridgehead atoms. The Labute approximate surface area is 190 Å². The van der Waals surface area contributed by atoms with Crippen LogP contribution in [0.25, 0.3) is 22.2 Å². The molecule has 1 N–H and O–H groups in total. The lowest BCUT2D eigenvalue weighted by molar-refractivity contribution is -0.129. The van der Waals surface area contributed by atoms with Gasteiger partial charge in [-0.15, -0.1) is 11.3 Å². The number of ether oxygens (including phenoxy) is 1. The molecule has 2 aromatic carbocycles. The minimum atomic E-state index is -0.522. The second-order valence-corrected chi connectivity index (χ2v) is 9.17. The fourth-order valence-corrected chi connectivity index (χ4v) is 3.98. The van der Waals surface area contributed by atoms with Gasteiger partial charge in [-0.1, -0.05) is 51.1 Å². The fourth-order valence-electron chi connectivity index (χ4n) is 3.38. The van der Waals surface area contributed by atoms with E-state index in [0.29, 0.717) is 12.2 Å². The molecule has 1 amide bonds. The predicted octanol–water partition coefficient (Wildman–Crippen LogP) is 4.91. The smallest absolute Gasteiger partial charge is 0.293 e. The lowest BCUT2D eigenvalue weighted by Gasteiger charge is -2.18. The van der Waals surface area contributed by atoms with Crippen LogP contribution in [-0.2, 0) is 14.3 Å². The highest BCUT2D eigenvalue weighted by atomic mass is 32.1. The molecule has 164 valence electrons. The van der Waals surface area contributed by atoms with Gasteiger partial charge in [-0.05, 0) is 18.2 Å². The molecule has 2 aromatic heterocycles. The number of thiazole rings is 1. The van der Waals surface area contributed by atoms with Crippen LogP contribution in [0.1, 0.15) is 32.5 Å². The summed E-state index contributed by atoms with van der Waals surface area (Å²) >= 11 is 1.47. The highest BCUT2D eigenvalue weighted by Gasteiger charge is 2.25. The number of fused-ring (bicyclic) bond motifs is 1. The summed E-state index contributed by atoms with van der Waals surface area (Å²) in [4.78, 5) is 27.9. The number of aromatic nitrogens is 3. The normalized spacial score (nSPS) is 12.5. The summed E-state index contributed by atoms with van der Waals surface area (Å²) in [6, 6.07) is 15.2. The molecule has 0 saturated heterocycles. The minimum absolute atomic E-state index is 0.0773. The van der Waals surface area contributed by atoms with Crippen molar-refractivity contribution in [2.45, 2.75) is 26.8 Å². The number of hydrogen-bond acceptors (Lipinski definition) is 6. The quantitative estimate of drug-likeness (QED) is 0.406. The third kappa shape index (κ3) is 4.40. The number of nitrogens with zero attached hydrogens (tertiary/aromatic N) is 3. The van der Waals surface area contributed by atoms with Gasteiger partial charge in [0.1, 0.15) is 18.3 Å². The number of rotatable bonds is 7. The zero-order valence-corrected chi connectivity index (χ0v) is 18.9. The molecule has 0 aliphatic heterocycles. The van der Waals surface area contributed by atoms with Crippen LogP contribution < -0.4 is 5.32 Å². The largest absolute Gasteiger partial charge is 0.465 e. The number of carbonyl (C=O) groups is 2. The molecule has 1 atom stereocenters.